The Morgan fingerprint density at radius 1 is 1.23 bits per heavy atom. The van der Waals surface area contributed by atoms with Gasteiger partial charge in [-0.1, -0.05) is 35.2 Å². The summed E-state index contributed by atoms with van der Waals surface area (Å²) in [5, 5.41) is 12.1. The van der Waals surface area contributed by atoms with E-state index in [0.29, 0.717) is 5.75 Å². The van der Waals surface area contributed by atoms with E-state index in [4.69, 9.17) is 0 Å². The number of hydrogen-bond donors (Lipinski definition) is 1. The van der Waals surface area contributed by atoms with Gasteiger partial charge in [0.25, 0.3) is 0 Å². The maximum Gasteiger partial charge on any atom is 0.233 e. The molecular formula is C18H25N5OS2. The lowest BCUT2D eigenvalue weighted by molar-refractivity contribution is -0.128. The normalized spacial score (nSPS) is 14.6. The van der Waals surface area contributed by atoms with E-state index in [-0.39, 0.29) is 5.91 Å². The van der Waals surface area contributed by atoms with E-state index in [1.165, 1.54) is 39.9 Å². The average Bonchev–Trinajstić information content (AvgIpc) is 3.10. The summed E-state index contributed by atoms with van der Waals surface area (Å²) in [6.07, 6.45) is 0. The predicted octanol–water partition coefficient (Wildman–Crippen LogP) is 3.03. The van der Waals surface area contributed by atoms with Crippen molar-refractivity contribution in [2.24, 2.45) is 0 Å². The van der Waals surface area contributed by atoms with Crippen LogP contribution in [0.1, 0.15) is 18.1 Å². The molecular weight excluding hydrogens is 366 g/mol. The second-order valence-electron chi connectivity index (χ2n) is 6.28. The average molecular weight is 392 g/mol. The third kappa shape index (κ3) is 4.48. The Labute approximate surface area is 163 Å². The Bertz CT molecular complexity index is 756. The molecule has 0 spiro atoms. The molecule has 0 bridgehead atoms. The van der Waals surface area contributed by atoms with Gasteiger partial charge in [-0.15, -0.1) is 10.2 Å². The minimum atomic E-state index is 0.177. The molecule has 0 atom stereocenters. The van der Waals surface area contributed by atoms with Gasteiger partial charge in [0.1, 0.15) is 0 Å². The third-order valence-electron chi connectivity index (χ3n) is 4.60. The van der Waals surface area contributed by atoms with Crippen molar-refractivity contribution in [3.63, 3.8) is 0 Å². The molecule has 1 amide bonds. The molecule has 0 saturated carbocycles. The molecule has 1 aliphatic rings. The van der Waals surface area contributed by atoms with Crippen molar-refractivity contribution in [1.82, 2.24) is 15.1 Å². The summed E-state index contributed by atoms with van der Waals surface area (Å²) in [6.45, 7) is 10.5. The first-order valence-electron chi connectivity index (χ1n) is 8.87. The zero-order valence-electron chi connectivity index (χ0n) is 15.5. The van der Waals surface area contributed by atoms with Gasteiger partial charge in [0.15, 0.2) is 4.34 Å². The Morgan fingerprint density at radius 2 is 2.00 bits per heavy atom. The summed E-state index contributed by atoms with van der Waals surface area (Å²) in [7, 11) is 0. The van der Waals surface area contributed by atoms with Crippen molar-refractivity contribution in [2.45, 2.75) is 25.1 Å². The third-order valence-corrected chi connectivity index (χ3v) is 6.60. The highest BCUT2D eigenvalue weighted by molar-refractivity contribution is 8.01. The zero-order chi connectivity index (χ0) is 18.5. The monoisotopic (exact) mass is 391 g/mol. The van der Waals surface area contributed by atoms with Gasteiger partial charge in [0, 0.05) is 38.4 Å². The fourth-order valence-electron chi connectivity index (χ4n) is 2.98. The Morgan fingerprint density at radius 3 is 2.73 bits per heavy atom. The molecule has 1 aromatic heterocycles. The van der Waals surface area contributed by atoms with Crippen LogP contribution in [-0.4, -0.2) is 59.5 Å². The maximum absolute atomic E-state index is 12.5. The van der Waals surface area contributed by atoms with Crippen LogP contribution in [0.3, 0.4) is 0 Å². The lowest BCUT2D eigenvalue weighted by atomic mass is 10.1. The Balaban J connectivity index is 1.49. The van der Waals surface area contributed by atoms with Crippen LogP contribution in [0.2, 0.25) is 0 Å². The Hall–Kier alpha value is -1.80. The summed E-state index contributed by atoms with van der Waals surface area (Å²) in [6, 6.07) is 6.42. The number of nitrogens with zero attached hydrogens (tertiary/aromatic N) is 4. The second kappa shape index (κ2) is 8.73. The van der Waals surface area contributed by atoms with Crippen molar-refractivity contribution in [1.29, 1.82) is 0 Å². The van der Waals surface area contributed by atoms with Gasteiger partial charge in [-0.3, -0.25) is 4.79 Å². The number of carbonyl (C=O) groups is 1. The number of aromatic nitrogens is 2. The molecule has 2 aromatic rings. The number of rotatable bonds is 6. The van der Waals surface area contributed by atoms with Gasteiger partial charge in [-0.2, -0.15) is 0 Å². The first-order chi connectivity index (χ1) is 12.6. The van der Waals surface area contributed by atoms with Crippen molar-refractivity contribution in [3.05, 3.63) is 29.3 Å². The van der Waals surface area contributed by atoms with Crippen molar-refractivity contribution >= 4 is 39.8 Å². The van der Waals surface area contributed by atoms with E-state index in [1.807, 2.05) is 11.8 Å². The molecule has 1 fully saturated rings. The van der Waals surface area contributed by atoms with Crippen LogP contribution < -0.4 is 10.2 Å². The standard InChI is InChI=1S/C18H25N5OS2/c1-4-19-17-20-21-18(26-17)25-12-16(24)23-10-8-22(9-11-23)15-7-5-6-13(2)14(15)3/h5-7H,4,8-12H2,1-3H3,(H,19,20). The zero-order valence-corrected chi connectivity index (χ0v) is 17.1. The van der Waals surface area contributed by atoms with Gasteiger partial charge in [-0.05, 0) is 38.0 Å². The van der Waals surface area contributed by atoms with E-state index < -0.39 is 0 Å². The molecule has 0 aliphatic carbocycles. The van der Waals surface area contributed by atoms with Gasteiger partial charge >= 0.3 is 0 Å². The molecule has 1 N–H and O–H groups in total. The second-order valence-corrected chi connectivity index (χ2v) is 8.48. The van der Waals surface area contributed by atoms with Gasteiger partial charge in [0.2, 0.25) is 11.0 Å². The van der Waals surface area contributed by atoms with E-state index in [9.17, 15) is 4.79 Å². The molecule has 0 unspecified atom stereocenters. The molecule has 26 heavy (non-hydrogen) atoms. The van der Waals surface area contributed by atoms with Crippen LogP contribution in [0.5, 0.6) is 0 Å². The molecule has 1 aliphatic heterocycles. The number of amides is 1. The SMILES string of the molecule is CCNc1nnc(SCC(=O)N2CCN(c3cccc(C)c3C)CC2)s1. The van der Waals surface area contributed by atoms with Crippen LogP contribution in [-0.2, 0) is 4.79 Å². The lowest BCUT2D eigenvalue weighted by Crippen LogP contribution is -2.49. The first kappa shape index (κ1) is 19.0. The Kier molecular flexibility index (Phi) is 6.37. The molecule has 3 rings (SSSR count). The van der Waals surface area contributed by atoms with Crippen molar-refractivity contribution in [3.8, 4) is 0 Å². The molecule has 0 radical (unpaired) electrons. The van der Waals surface area contributed by atoms with Crippen LogP contribution in [0.4, 0.5) is 10.8 Å². The van der Waals surface area contributed by atoms with Crippen molar-refractivity contribution in [2.75, 3.05) is 48.7 Å². The highest BCUT2D eigenvalue weighted by atomic mass is 32.2. The number of anilines is 2. The number of piperazine rings is 1. The smallest absolute Gasteiger partial charge is 0.233 e. The quantitative estimate of drug-likeness (QED) is 0.764. The largest absolute Gasteiger partial charge is 0.368 e. The first-order valence-corrected chi connectivity index (χ1v) is 10.7. The van der Waals surface area contributed by atoms with Gasteiger partial charge in [0.05, 0.1) is 5.75 Å². The summed E-state index contributed by atoms with van der Waals surface area (Å²) < 4.78 is 0.836. The molecule has 2 heterocycles. The van der Waals surface area contributed by atoms with Crippen LogP contribution in [0.15, 0.2) is 22.5 Å². The lowest BCUT2D eigenvalue weighted by Gasteiger charge is -2.37. The predicted molar refractivity (Wildman–Crippen MR) is 110 cm³/mol. The number of hydrogen-bond acceptors (Lipinski definition) is 7. The number of nitrogens with one attached hydrogen (secondary N) is 1. The maximum atomic E-state index is 12.5. The highest BCUT2D eigenvalue weighted by Gasteiger charge is 2.22. The van der Waals surface area contributed by atoms with E-state index in [0.717, 1.165) is 42.2 Å². The van der Waals surface area contributed by atoms with E-state index >= 15 is 0 Å². The summed E-state index contributed by atoms with van der Waals surface area (Å²) >= 11 is 2.97. The molecule has 8 heteroatoms. The van der Waals surface area contributed by atoms with Gasteiger partial charge in [-0.25, -0.2) is 0 Å². The molecule has 1 aromatic carbocycles. The van der Waals surface area contributed by atoms with E-state index in [1.54, 1.807) is 0 Å². The number of carbonyl (C=O) groups excluding carboxylic acids is 1. The van der Waals surface area contributed by atoms with Crippen LogP contribution >= 0.6 is 23.1 Å². The summed E-state index contributed by atoms with van der Waals surface area (Å²) in [4.78, 5) is 16.8. The fraction of sp³-hybridized carbons (Fsp3) is 0.500. The highest BCUT2D eigenvalue weighted by Crippen LogP contribution is 2.26. The van der Waals surface area contributed by atoms with Crippen molar-refractivity contribution < 1.29 is 4.79 Å². The molecule has 1 saturated heterocycles. The molecule has 6 nitrogen and oxygen atoms in total. The van der Waals surface area contributed by atoms with Crippen LogP contribution in [0, 0.1) is 13.8 Å². The molecule has 140 valence electrons. The fourth-order valence-corrected chi connectivity index (χ4v) is 4.70. The van der Waals surface area contributed by atoms with Crippen LogP contribution in [0.25, 0.3) is 0 Å². The number of thioether (sulfide) groups is 1. The topological polar surface area (TPSA) is 61.4 Å². The minimum absolute atomic E-state index is 0.177. The summed E-state index contributed by atoms with van der Waals surface area (Å²) in [5.41, 5.74) is 3.93. The van der Waals surface area contributed by atoms with E-state index in [2.05, 4.69) is 52.5 Å². The number of aryl methyl sites for hydroxylation is 1. The van der Waals surface area contributed by atoms with Gasteiger partial charge < -0.3 is 15.1 Å². The minimum Gasteiger partial charge on any atom is -0.368 e. The number of benzene rings is 1. The summed E-state index contributed by atoms with van der Waals surface area (Å²) in [5.74, 6) is 0.598.